The summed E-state index contributed by atoms with van der Waals surface area (Å²) in [6.07, 6.45) is 0.0262. The highest BCUT2D eigenvalue weighted by Crippen LogP contribution is 2.39. The number of methoxy groups -OCH3 is 1. The number of aliphatic carboxylic acids is 1. The normalized spacial score (nSPS) is 11.9. The first-order chi connectivity index (χ1) is 13.4. The molecule has 0 radical (unpaired) electrons. The lowest BCUT2D eigenvalue weighted by molar-refractivity contribution is -0.136. The second-order valence-corrected chi connectivity index (χ2v) is 9.17. The van der Waals surface area contributed by atoms with Crippen LogP contribution < -0.4 is 9.46 Å². The summed E-state index contributed by atoms with van der Waals surface area (Å²) in [6, 6.07) is 6.75. The van der Waals surface area contributed by atoms with E-state index < -0.39 is 27.3 Å². The number of aromatic hydroxyl groups is 1. The molecule has 0 aliphatic rings. The van der Waals surface area contributed by atoms with Gasteiger partial charge in [0.05, 0.1) is 24.0 Å². The van der Waals surface area contributed by atoms with Crippen molar-refractivity contribution in [3.8, 4) is 22.6 Å². The molecule has 0 bridgehead atoms. The third-order valence-corrected chi connectivity index (χ3v) is 5.65. The van der Waals surface area contributed by atoms with Gasteiger partial charge in [-0.15, -0.1) is 0 Å². The Labute approximate surface area is 169 Å². The van der Waals surface area contributed by atoms with E-state index >= 15 is 0 Å². The van der Waals surface area contributed by atoms with Crippen molar-refractivity contribution in [3.05, 3.63) is 41.5 Å². The molecule has 3 N–H and O–H groups in total. The Balaban J connectivity index is 2.74. The number of carbonyl (C=O) groups is 2. The number of benzene rings is 2. The molecular weight excluding hydrogens is 398 g/mol. The van der Waals surface area contributed by atoms with Crippen LogP contribution in [0, 0.1) is 0 Å². The molecule has 0 unspecified atom stereocenters. The minimum atomic E-state index is -3.88. The lowest BCUT2D eigenvalue weighted by atomic mass is 9.96. The highest BCUT2D eigenvalue weighted by atomic mass is 32.2. The number of phenolic OH excluding ortho intramolecular Hbond substituents is 1. The molecule has 0 aliphatic heterocycles. The Morgan fingerprint density at radius 3 is 2.34 bits per heavy atom. The molecule has 0 atom stereocenters. The minimum Gasteiger partial charge on any atom is -0.507 e. The quantitative estimate of drug-likeness (QED) is 0.586. The minimum absolute atomic E-state index is 0.0704. The maximum absolute atomic E-state index is 12.7. The van der Waals surface area contributed by atoms with Crippen LogP contribution in [0.25, 0.3) is 11.1 Å². The SMILES string of the molecule is COc1ccc(S(=O)(=O)NC(C)(C)C)cc1-c1cc(CC(=O)O)cc(C=O)c1O. The summed E-state index contributed by atoms with van der Waals surface area (Å²) >= 11 is 0. The molecule has 0 amide bonds. The van der Waals surface area contributed by atoms with Crippen molar-refractivity contribution in [1.82, 2.24) is 4.72 Å². The molecule has 2 rings (SSSR count). The molecule has 0 heterocycles. The molecule has 0 aliphatic carbocycles. The number of ether oxygens (including phenoxy) is 1. The van der Waals surface area contributed by atoms with Gasteiger partial charge in [-0.05, 0) is 56.7 Å². The van der Waals surface area contributed by atoms with Crippen LogP contribution in [-0.2, 0) is 21.2 Å². The molecule has 156 valence electrons. The van der Waals surface area contributed by atoms with Crippen molar-refractivity contribution >= 4 is 22.3 Å². The first kappa shape index (κ1) is 22.4. The molecule has 0 saturated heterocycles. The van der Waals surface area contributed by atoms with Crippen LogP contribution in [0.4, 0.5) is 0 Å². The summed E-state index contributed by atoms with van der Waals surface area (Å²) in [6.45, 7) is 5.10. The first-order valence-electron chi connectivity index (χ1n) is 8.63. The van der Waals surface area contributed by atoms with Gasteiger partial charge in [-0.3, -0.25) is 9.59 Å². The Kier molecular flexibility index (Phi) is 6.34. The van der Waals surface area contributed by atoms with Crippen molar-refractivity contribution in [3.63, 3.8) is 0 Å². The van der Waals surface area contributed by atoms with Crippen molar-refractivity contribution in [1.29, 1.82) is 0 Å². The van der Waals surface area contributed by atoms with Gasteiger partial charge in [-0.1, -0.05) is 0 Å². The third kappa shape index (κ3) is 5.33. The van der Waals surface area contributed by atoms with Crippen molar-refractivity contribution in [2.45, 2.75) is 37.6 Å². The number of nitrogens with one attached hydrogen (secondary N) is 1. The molecule has 0 aromatic heterocycles. The van der Waals surface area contributed by atoms with E-state index in [0.29, 0.717) is 6.29 Å². The number of carbonyl (C=O) groups excluding carboxylic acids is 1. The molecule has 0 saturated carbocycles. The number of aldehydes is 1. The van der Waals surface area contributed by atoms with Crippen LogP contribution in [0.5, 0.6) is 11.5 Å². The van der Waals surface area contributed by atoms with E-state index in [4.69, 9.17) is 9.84 Å². The summed E-state index contributed by atoms with van der Waals surface area (Å²) in [5.41, 5.74) is -0.252. The van der Waals surface area contributed by atoms with E-state index in [1.165, 1.54) is 37.4 Å². The average molecular weight is 421 g/mol. The van der Waals surface area contributed by atoms with E-state index in [9.17, 15) is 23.1 Å². The molecule has 29 heavy (non-hydrogen) atoms. The molecular formula is C20H23NO7S. The largest absolute Gasteiger partial charge is 0.507 e. The molecule has 2 aromatic rings. The van der Waals surface area contributed by atoms with Gasteiger partial charge in [0.2, 0.25) is 10.0 Å². The van der Waals surface area contributed by atoms with E-state index in [1.54, 1.807) is 20.8 Å². The van der Waals surface area contributed by atoms with E-state index in [1.807, 2.05) is 0 Å². The zero-order chi connectivity index (χ0) is 22.0. The van der Waals surface area contributed by atoms with Gasteiger partial charge < -0.3 is 14.9 Å². The van der Waals surface area contributed by atoms with Gasteiger partial charge >= 0.3 is 5.97 Å². The summed E-state index contributed by atoms with van der Waals surface area (Å²) in [4.78, 5) is 22.4. The fourth-order valence-corrected chi connectivity index (χ4v) is 4.26. The number of carboxylic acid groups (broad SMARTS) is 1. The van der Waals surface area contributed by atoms with Crippen molar-refractivity contribution in [2.24, 2.45) is 0 Å². The zero-order valence-electron chi connectivity index (χ0n) is 16.5. The molecule has 0 fully saturated rings. The summed E-state index contributed by atoms with van der Waals surface area (Å²) in [5, 5.41) is 19.6. The number of hydrogen-bond donors (Lipinski definition) is 3. The monoisotopic (exact) mass is 421 g/mol. The lowest BCUT2D eigenvalue weighted by Gasteiger charge is -2.21. The van der Waals surface area contributed by atoms with Gasteiger partial charge in [0.1, 0.15) is 11.5 Å². The van der Waals surface area contributed by atoms with Gasteiger partial charge in [0, 0.05) is 16.7 Å². The van der Waals surface area contributed by atoms with Gasteiger partial charge in [-0.25, -0.2) is 13.1 Å². The van der Waals surface area contributed by atoms with Crippen LogP contribution in [0.2, 0.25) is 0 Å². The maximum Gasteiger partial charge on any atom is 0.307 e. The predicted molar refractivity (Wildman–Crippen MR) is 107 cm³/mol. The number of hydrogen-bond acceptors (Lipinski definition) is 6. The molecule has 8 nitrogen and oxygen atoms in total. The topological polar surface area (TPSA) is 130 Å². The highest BCUT2D eigenvalue weighted by Gasteiger charge is 2.24. The number of rotatable bonds is 7. The predicted octanol–water partition coefficient (Wildman–Crippen LogP) is 2.58. The summed E-state index contributed by atoms with van der Waals surface area (Å²) in [7, 11) is -2.51. The van der Waals surface area contributed by atoms with Crippen molar-refractivity contribution < 1.29 is 33.0 Å². The second kappa shape index (κ2) is 8.22. The summed E-state index contributed by atoms with van der Waals surface area (Å²) < 4.78 is 33.2. The smallest absolute Gasteiger partial charge is 0.307 e. The Bertz CT molecular complexity index is 1050. The van der Waals surface area contributed by atoms with Gasteiger partial charge in [-0.2, -0.15) is 0 Å². The molecule has 9 heteroatoms. The van der Waals surface area contributed by atoms with E-state index in [2.05, 4.69) is 4.72 Å². The zero-order valence-corrected chi connectivity index (χ0v) is 17.3. The van der Waals surface area contributed by atoms with Crippen LogP contribution in [0.15, 0.2) is 35.2 Å². The Morgan fingerprint density at radius 2 is 1.83 bits per heavy atom. The Hall–Kier alpha value is -2.91. The number of carboxylic acids is 1. The summed E-state index contributed by atoms with van der Waals surface area (Å²) in [5.74, 6) is -1.26. The van der Waals surface area contributed by atoms with Crippen LogP contribution >= 0.6 is 0 Å². The second-order valence-electron chi connectivity index (χ2n) is 7.49. The van der Waals surface area contributed by atoms with Gasteiger partial charge in [0.15, 0.2) is 6.29 Å². The standard InChI is InChI=1S/C20H23NO7S/c1-20(2,3)21-29(26,27)14-5-6-17(28-4)15(10-14)16-8-12(9-18(23)24)7-13(11-22)19(16)25/h5-8,10-11,21,25H,9H2,1-4H3,(H,23,24). The van der Waals surface area contributed by atoms with Crippen LogP contribution in [0.3, 0.4) is 0 Å². The first-order valence-corrected chi connectivity index (χ1v) is 10.1. The van der Waals surface area contributed by atoms with E-state index in [0.717, 1.165) is 0 Å². The highest BCUT2D eigenvalue weighted by molar-refractivity contribution is 7.89. The van der Waals surface area contributed by atoms with E-state index in [-0.39, 0.29) is 39.3 Å². The van der Waals surface area contributed by atoms with Crippen LogP contribution in [-0.4, -0.2) is 43.5 Å². The van der Waals surface area contributed by atoms with Crippen LogP contribution in [0.1, 0.15) is 36.7 Å². The van der Waals surface area contributed by atoms with Gasteiger partial charge in [0.25, 0.3) is 0 Å². The number of sulfonamides is 1. The van der Waals surface area contributed by atoms with Crippen molar-refractivity contribution in [2.75, 3.05) is 7.11 Å². The fraction of sp³-hybridized carbons (Fsp3) is 0.300. The molecule has 2 aromatic carbocycles. The maximum atomic E-state index is 12.7. The third-order valence-electron chi connectivity index (χ3n) is 3.89. The lowest BCUT2D eigenvalue weighted by Crippen LogP contribution is -2.40. The molecule has 0 spiro atoms. The Morgan fingerprint density at radius 1 is 1.17 bits per heavy atom. The average Bonchev–Trinajstić information content (AvgIpc) is 2.60. The fourth-order valence-electron chi connectivity index (χ4n) is 2.82. The number of phenols is 1.